The van der Waals surface area contributed by atoms with Crippen LogP contribution in [0, 0.1) is 6.92 Å². The fraction of sp³-hybridized carbons (Fsp3) is 0.286. The minimum Gasteiger partial charge on any atom is -0.494 e. The van der Waals surface area contributed by atoms with Crippen LogP contribution in [0.4, 0.5) is 5.88 Å². The second-order valence-electron chi connectivity index (χ2n) is 4.07. The van der Waals surface area contributed by atoms with Crippen LogP contribution >= 0.6 is 0 Å². The Morgan fingerprint density at radius 1 is 1.25 bits per heavy atom. The van der Waals surface area contributed by atoms with E-state index in [2.05, 4.69) is 10.5 Å². The van der Waals surface area contributed by atoms with Gasteiger partial charge in [-0.15, -0.1) is 0 Å². The number of nitrogens with zero attached hydrogens (tertiary/aromatic N) is 1. The van der Waals surface area contributed by atoms with E-state index in [1.54, 1.807) is 37.3 Å². The number of anilines is 1. The highest BCUT2D eigenvalue weighted by Crippen LogP contribution is 2.17. The molecular weight excluding hydrogens is 260 g/mol. The minimum atomic E-state index is -0.310. The number of rotatable bonds is 6. The fourth-order valence-electron chi connectivity index (χ4n) is 1.54. The Labute approximate surface area is 116 Å². The van der Waals surface area contributed by atoms with Crippen LogP contribution in [-0.2, 0) is 4.79 Å². The number of aryl methyl sites for hydroxylation is 1. The van der Waals surface area contributed by atoms with Crippen molar-refractivity contribution in [1.29, 1.82) is 0 Å². The van der Waals surface area contributed by atoms with E-state index >= 15 is 0 Å². The smallest absolute Gasteiger partial charge is 0.264 e. The molecule has 0 atom stereocenters. The number of carbonyl (C=O) groups is 1. The van der Waals surface area contributed by atoms with Crippen LogP contribution in [0.2, 0.25) is 0 Å². The van der Waals surface area contributed by atoms with Crippen molar-refractivity contribution in [3.8, 4) is 11.5 Å². The minimum absolute atomic E-state index is 0.103. The largest absolute Gasteiger partial charge is 0.494 e. The molecule has 2 aromatic rings. The summed E-state index contributed by atoms with van der Waals surface area (Å²) < 4.78 is 15.5. The predicted molar refractivity (Wildman–Crippen MR) is 73.0 cm³/mol. The molecule has 1 N–H and O–H groups in total. The lowest BCUT2D eigenvalue weighted by Crippen LogP contribution is -2.19. The van der Waals surface area contributed by atoms with Crippen molar-refractivity contribution in [3.63, 3.8) is 0 Å². The first-order valence-electron chi connectivity index (χ1n) is 6.26. The van der Waals surface area contributed by atoms with Crippen molar-refractivity contribution in [2.45, 2.75) is 13.8 Å². The zero-order valence-corrected chi connectivity index (χ0v) is 11.4. The molecule has 0 saturated heterocycles. The summed E-state index contributed by atoms with van der Waals surface area (Å²) in [4.78, 5) is 11.6. The molecule has 0 unspecified atom stereocenters. The SMILES string of the molecule is CCOc1ccc(OCC(=O)Nc2cc(C)no2)cc1. The molecule has 2 rings (SSSR count). The van der Waals surface area contributed by atoms with Gasteiger partial charge in [-0.1, -0.05) is 5.16 Å². The highest BCUT2D eigenvalue weighted by Gasteiger charge is 2.07. The second kappa shape index (κ2) is 6.60. The summed E-state index contributed by atoms with van der Waals surface area (Å²) in [5, 5.41) is 6.22. The number of carbonyl (C=O) groups excluding carboxylic acids is 1. The van der Waals surface area contributed by atoms with Gasteiger partial charge in [0.25, 0.3) is 5.91 Å². The Kier molecular flexibility index (Phi) is 4.60. The summed E-state index contributed by atoms with van der Waals surface area (Å²) in [5.41, 5.74) is 0.702. The molecule has 106 valence electrons. The van der Waals surface area contributed by atoms with Crippen molar-refractivity contribution >= 4 is 11.8 Å². The van der Waals surface area contributed by atoms with Gasteiger partial charge in [-0.25, -0.2) is 0 Å². The Morgan fingerprint density at radius 3 is 2.45 bits per heavy atom. The number of hydrogen-bond donors (Lipinski definition) is 1. The predicted octanol–water partition coefficient (Wildman–Crippen LogP) is 2.40. The van der Waals surface area contributed by atoms with Crippen molar-refractivity contribution in [2.75, 3.05) is 18.5 Å². The lowest BCUT2D eigenvalue weighted by atomic mass is 10.3. The van der Waals surface area contributed by atoms with Crippen LogP contribution < -0.4 is 14.8 Å². The average Bonchev–Trinajstić information content (AvgIpc) is 2.84. The van der Waals surface area contributed by atoms with Gasteiger partial charge in [0, 0.05) is 6.07 Å². The van der Waals surface area contributed by atoms with Crippen LogP contribution in [0.25, 0.3) is 0 Å². The zero-order chi connectivity index (χ0) is 14.4. The second-order valence-corrected chi connectivity index (χ2v) is 4.07. The van der Waals surface area contributed by atoms with E-state index in [4.69, 9.17) is 14.0 Å². The van der Waals surface area contributed by atoms with Gasteiger partial charge in [-0.05, 0) is 38.1 Å². The van der Waals surface area contributed by atoms with Gasteiger partial charge in [-0.2, -0.15) is 0 Å². The summed E-state index contributed by atoms with van der Waals surface area (Å²) in [6.07, 6.45) is 0. The van der Waals surface area contributed by atoms with Crippen molar-refractivity contribution < 1.29 is 18.8 Å². The Balaban J connectivity index is 1.80. The first kappa shape index (κ1) is 13.9. The Morgan fingerprint density at radius 2 is 1.90 bits per heavy atom. The molecule has 0 aliphatic rings. The lowest BCUT2D eigenvalue weighted by Gasteiger charge is -2.07. The monoisotopic (exact) mass is 276 g/mol. The summed E-state index contributed by atoms with van der Waals surface area (Å²) in [6, 6.07) is 8.70. The van der Waals surface area contributed by atoms with E-state index in [0.29, 0.717) is 23.9 Å². The molecule has 0 spiro atoms. The fourth-order valence-corrected chi connectivity index (χ4v) is 1.54. The maximum absolute atomic E-state index is 11.6. The van der Waals surface area contributed by atoms with Gasteiger partial charge >= 0.3 is 0 Å². The Bertz CT molecular complexity index is 563. The number of amides is 1. The third-order valence-electron chi connectivity index (χ3n) is 2.40. The van der Waals surface area contributed by atoms with Crippen molar-refractivity contribution in [3.05, 3.63) is 36.0 Å². The Hall–Kier alpha value is -2.50. The maximum atomic E-state index is 11.6. The summed E-state index contributed by atoms with van der Waals surface area (Å²) in [5.74, 6) is 1.36. The quantitative estimate of drug-likeness (QED) is 0.877. The molecule has 1 amide bonds. The van der Waals surface area contributed by atoms with Crippen LogP contribution in [-0.4, -0.2) is 24.3 Å². The number of hydrogen-bond acceptors (Lipinski definition) is 5. The highest BCUT2D eigenvalue weighted by atomic mass is 16.5. The highest BCUT2D eigenvalue weighted by molar-refractivity contribution is 5.90. The van der Waals surface area contributed by atoms with Crippen LogP contribution in [0.1, 0.15) is 12.6 Å². The molecule has 0 fully saturated rings. The van der Waals surface area contributed by atoms with Crippen molar-refractivity contribution in [1.82, 2.24) is 5.16 Å². The van der Waals surface area contributed by atoms with Crippen LogP contribution in [0.5, 0.6) is 11.5 Å². The van der Waals surface area contributed by atoms with E-state index in [9.17, 15) is 4.79 Å². The molecule has 0 aliphatic carbocycles. The molecule has 0 aliphatic heterocycles. The number of aromatic nitrogens is 1. The number of benzene rings is 1. The van der Waals surface area contributed by atoms with E-state index in [0.717, 1.165) is 5.75 Å². The van der Waals surface area contributed by atoms with Gasteiger partial charge in [0.2, 0.25) is 5.88 Å². The molecule has 6 heteroatoms. The molecule has 6 nitrogen and oxygen atoms in total. The van der Waals surface area contributed by atoms with E-state index in [1.807, 2.05) is 6.92 Å². The number of ether oxygens (including phenoxy) is 2. The lowest BCUT2D eigenvalue weighted by molar-refractivity contribution is -0.118. The molecule has 1 aromatic carbocycles. The molecule has 20 heavy (non-hydrogen) atoms. The summed E-state index contributed by atoms with van der Waals surface area (Å²) in [7, 11) is 0. The van der Waals surface area contributed by atoms with E-state index in [-0.39, 0.29) is 12.5 Å². The average molecular weight is 276 g/mol. The normalized spacial score (nSPS) is 10.1. The van der Waals surface area contributed by atoms with Gasteiger partial charge in [-0.3, -0.25) is 10.1 Å². The zero-order valence-electron chi connectivity index (χ0n) is 11.4. The molecule has 0 radical (unpaired) electrons. The van der Waals surface area contributed by atoms with Gasteiger partial charge in [0.15, 0.2) is 6.61 Å². The first-order chi connectivity index (χ1) is 9.67. The van der Waals surface area contributed by atoms with E-state index in [1.165, 1.54) is 0 Å². The van der Waals surface area contributed by atoms with Crippen molar-refractivity contribution in [2.24, 2.45) is 0 Å². The molecule has 1 heterocycles. The van der Waals surface area contributed by atoms with Gasteiger partial charge in [0.1, 0.15) is 11.5 Å². The molecule has 1 aromatic heterocycles. The maximum Gasteiger partial charge on any atom is 0.264 e. The third-order valence-corrected chi connectivity index (χ3v) is 2.40. The topological polar surface area (TPSA) is 73.6 Å². The standard InChI is InChI=1S/C14H16N2O4/c1-3-18-11-4-6-12(7-5-11)19-9-13(17)15-14-8-10(2)16-20-14/h4-8H,3,9H2,1-2H3,(H,15,17). The molecule has 0 saturated carbocycles. The van der Waals surface area contributed by atoms with Crippen LogP contribution in [0.15, 0.2) is 34.9 Å². The third kappa shape index (κ3) is 4.01. The van der Waals surface area contributed by atoms with Gasteiger partial charge in [0.05, 0.1) is 12.3 Å². The summed E-state index contributed by atoms with van der Waals surface area (Å²) in [6.45, 7) is 4.20. The molecular formula is C14H16N2O4. The summed E-state index contributed by atoms with van der Waals surface area (Å²) >= 11 is 0. The number of nitrogens with one attached hydrogen (secondary N) is 1. The van der Waals surface area contributed by atoms with E-state index < -0.39 is 0 Å². The first-order valence-corrected chi connectivity index (χ1v) is 6.26. The van der Waals surface area contributed by atoms with Crippen LogP contribution in [0.3, 0.4) is 0 Å². The van der Waals surface area contributed by atoms with Gasteiger partial charge < -0.3 is 14.0 Å². The molecule has 0 bridgehead atoms.